The van der Waals surface area contributed by atoms with Crippen molar-refractivity contribution in [3.63, 3.8) is 0 Å². The van der Waals surface area contributed by atoms with Gasteiger partial charge < -0.3 is 15.0 Å². The molecule has 13 nitrogen and oxygen atoms in total. The van der Waals surface area contributed by atoms with Gasteiger partial charge in [-0.3, -0.25) is 39.1 Å². The number of aromatic nitrogens is 3. The molecule has 2 saturated heterocycles. The van der Waals surface area contributed by atoms with Crippen molar-refractivity contribution < 1.29 is 28.7 Å². The molecule has 4 fully saturated rings. The number of amides is 5. The third kappa shape index (κ3) is 6.56. The van der Waals surface area contributed by atoms with Crippen LogP contribution in [0.2, 0.25) is 0 Å². The zero-order chi connectivity index (χ0) is 36.3. The van der Waals surface area contributed by atoms with Gasteiger partial charge in [-0.25, -0.2) is 4.79 Å². The van der Waals surface area contributed by atoms with Crippen LogP contribution in [0.15, 0.2) is 42.7 Å². The minimum absolute atomic E-state index is 0.0864. The van der Waals surface area contributed by atoms with Gasteiger partial charge >= 0.3 is 6.09 Å². The van der Waals surface area contributed by atoms with Gasteiger partial charge in [-0.2, -0.15) is 5.10 Å². The average Bonchev–Trinajstić information content (AvgIpc) is 3.80. The number of likely N-dealkylation sites (tertiary alicyclic amines) is 1. The molecule has 2 saturated carbocycles. The van der Waals surface area contributed by atoms with E-state index in [4.69, 9.17) is 14.8 Å². The van der Waals surface area contributed by atoms with E-state index in [2.05, 4.69) is 27.6 Å². The molecule has 13 heteroatoms. The molecule has 5 aliphatic rings. The standard InChI is InChI=1S/C39H45N7O6/c1-39(2,3)52-38(51)44-15-12-23(13-16-44)27-5-4-14-40-34(27)30-21-45(43-33(30)24-6-7-24)26-17-22(18-26)20-41-25-8-9-28-29(19-25)37(50)46(36(28)49)31-10-11-32(47)42-35(31)48/h4-5,8-9,14,19,21-24,26,31,41H,6-7,10-13,15-18,20H2,1-3H3,(H,42,47,48). The number of nitrogens with zero attached hydrogens (tertiary/aromatic N) is 5. The zero-order valence-corrected chi connectivity index (χ0v) is 29.9. The van der Waals surface area contributed by atoms with Crippen LogP contribution in [0.3, 0.4) is 0 Å². The van der Waals surface area contributed by atoms with Crippen LogP contribution in [0.4, 0.5) is 10.5 Å². The summed E-state index contributed by atoms with van der Waals surface area (Å²) in [6, 6.07) is 8.60. The van der Waals surface area contributed by atoms with Gasteiger partial charge in [0.2, 0.25) is 11.8 Å². The molecular formula is C39H45N7O6. The Balaban J connectivity index is 0.901. The minimum Gasteiger partial charge on any atom is -0.444 e. The van der Waals surface area contributed by atoms with Crippen LogP contribution in [0.25, 0.3) is 11.3 Å². The number of piperidine rings is 2. The third-order valence-corrected chi connectivity index (χ3v) is 11.0. The third-order valence-electron chi connectivity index (χ3n) is 11.0. The fourth-order valence-corrected chi connectivity index (χ4v) is 8.03. The molecule has 1 aromatic carbocycles. The highest BCUT2D eigenvalue weighted by molar-refractivity contribution is 6.23. The van der Waals surface area contributed by atoms with Crippen LogP contribution >= 0.6 is 0 Å². The van der Waals surface area contributed by atoms with E-state index in [-0.39, 0.29) is 36.1 Å². The average molecular weight is 708 g/mol. The molecule has 0 bridgehead atoms. The molecule has 0 spiro atoms. The summed E-state index contributed by atoms with van der Waals surface area (Å²) in [4.78, 5) is 70.7. The smallest absolute Gasteiger partial charge is 0.410 e. The van der Waals surface area contributed by atoms with E-state index in [0.717, 1.165) is 66.1 Å². The second kappa shape index (κ2) is 13.2. The van der Waals surface area contributed by atoms with Crippen LogP contribution < -0.4 is 10.6 Å². The van der Waals surface area contributed by atoms with Crippen molar-refractivity contribution >= 4 is 35.4 Å². The molecule has 8 rings (SSSR count). The monoisotopic (exact) mass is 707 g/mol. The first-order valence-corrected chi connectivity index (χ1v) is 18.5. The quantitative estimate of drug-likeness (QED) is 0.293. The Hall–Kier alpha value is -5.07. The number of anilines is 1. The van der Waals surface area contributed by atoms with Gasteiger partial charge in [0.1, 0.15) is 11.6 Å². The van der Waals surface area contributed by atoms with E-state index in [1.165, 1.54) is 5.56 Å². The lowest BCUT2D eigenvalue weighted by atomic mass is 9.80. The Morgan fingerprint density at radius 1 is 0.942 bits per heavy atom. The van der Waals surface area contributed by atoms with Crippen molar-refractivity contribution in [1.29, 1.82) is 0 Å². The van der Waals surface area contributed by atoms with Gasteiger partial charge in [0.05, 0.1) is 28.6 Å². The molecule has 1 atom stereocenters. The molecule has 5 amide bonds. The van der Waals surface area contributed by atoms with Crippen molar-refractivity contribution in [1.82, 2.24) is 29.9 Å². The molecule has 2 aromatic heterocycles. The van der Waals surface area contributed by atoms with Gasteiger partial charge in [-0.05, 0) is 107 Å². The summed E-state index contributed by atoms with van der Waals surface area (Å²) in [7, 11) is 0. The van der Waals surface area contributed by atoms with Crippen molar-refractivity contribution in [3.05, 3.63) is 65.1 Å². The van der Waals surface area contributed by atoms with Gasteiger partial charge in [-0.15, -0.1) is 0 Å². The van der Waals surface area contributed by atoms with E-state index < -0.39 is 35.3 Å². The Labute approximate surface area is 302 Å². The fourth-order valence-electron chi connectivity index (χ4n) is 8.03. The number of ether oxygens (including phenoxy) is 1. The van der Waals surface area contributed by atoms with Gasteiger partial charge in [0.15, 0.2) is 0 Å². The molecule has 272 valence electrons. The summed E-state index contributed by atoms with van der Waals surface area (Å²) in [5.74, 6) is -0.864. The lowest BCUT2D eigenvalue weighted by molar-refractivity contribution is -0.136. The number of benzene rings is 1. The topological polar surface area (TPSA) is 156 Å². The Morgan fingerprint density at radius 3 is 2.40 bits per heavy atom. The first-order valence-electron chi connectivity index (χ1n) is 18.5. The number of fused-ring (bicyclic) bond motifs is 1. The maximum Gasteiger partial charge on any atom is 0.410 e. The van der Waals surface area contributed by atoms with Crippen LogP contribution in [0.1, 0.15) is 122 Å². The van der Waals surface area contributed by atoms with Crippen LogP contribution in [-0.2, 0) is 14.3 Å². The van der Waals surface area contributed by atoms with E-state index in [0.29, 0.717) is 37.4 Å². The summed E-state index contributed by atoms with van der Waals surface area (Å²) in [6.07, 6.45) is 9.93. The largest absolute Gasteiger partial charge is 0.444 e. The summed E-state index contributed by atoms with van der Waals surface area (Å²) >= 11 is 0. The summed E-state index contributed by atoms with van der Waals surface area (Å²) < 4.78 is 7.76. The molecule has 1 unspecified atom stereocenters. The number of carbonyl (C=O) groups excluding carboxylic acids is 5. The molecule has 3 aromatic rings. The molecule has 3 aliphatic heterocycles. The first-order chi connectivity index (χ1) is 24.9. The second-order valence-electron chi connectivity index (χ2n) is 15.9. The molecule has 5 heterocycles. The highest BCUT2D eigenvalue weighted by Gasteiger charge is 2.45. The van der Waals surface area contributed by atoms with Gasteiger partial charge in [0, 0.05) is 55.6 Å². The van der Waals surface area contributed by atoms with Crippen molar-refractivity contribution in [2.45, 2.75) is 102 Å². The van der Waals surface area contributed by atoms with Crippen molar-refractivity contribution in [3.8, 4) is 11.3 Å². The van der Waals surface area contributed by atoms with E-state index in [1.807, 2.05) is 37.9 Å². The maximum atomic E-state index is 13.2. The van der Waals surface area contributed by atoms with E-state index in [1.54, 1.807) is 18.2 Å². The molecule has 52 heavy (non-hydrogen) atoms. The number of carbonyl (C=O) groups is 5. The summed E-state index contributed by atoms with van der Waals surface area (Å²) in [6.45, 7) is 7.70. The van der Waals surface area contributed by atoms with Gasteiger partial charge in [-0.1, -0.05) is 6.07 Å². The fraction of sp³-hybridized carbons (Fsp3) is 0.513. The SMILES string of the molecule is CC(C)(C)OC(=O)N1CCC(c2cccnc2-c2cn(C3CC(CNc4ccc5c(c4)C(=O)N(C4CCC(=O)NC4=O)C5=O)C3)nc2C2CC2)CC1. The Kier molecular flexibility index (Phi) is 8.62. The Bertz CT molecular complexity index is 1950. The Morgan fingerprint density at radius 2 is 1.69 bits per heavy atom. The highest BCUT2D eigenvalue weighted by Crippen LogP contribution is 2.47. The normalized spacial score (nSPS) is 23.7. The van der Waals surface area contributed by atoms with E-state index in [9.17, 15) is 24.0 Å². The summed E-state index contributed by atoms with van der Waals surface area (Å²) in [5.41, 5.74) is 5.25. The lowest BCUT2D eigenvalue weighted by Gasteiger charge is -2.35. The number of hydrogen-bond acceptors (Lipinski definition) is 9. The van der Waals surface area contributed by atoms with E-state index >= 15 is 0 Å². The number of pyridine rings is 1. The highest BCUT2D eigenvalue weighted by atomic mass is 16.6. The van der Waals surface area contributed by atoms with Crippen LogP contribution in [-0.4, -0.2) is 85.6 Å². The molecular weight excluding hydrogens is 662 g/mol. The predicted molar refractivity (Wildman–Crippen MR) is 191 cm³/mol. The van der Waals surface area contributed by atoms with Gasteiger partial charge in [0.25, 0.3) is 11.8 Å². The predicted octanol–water partition coefficient (Wildman–Crippen LogP) is 5.40. The zero-order valence-electron chi connectivity index (χ0n) is 29.9. The maximum absolute atomic E-state index is 13.2. The number of nitrogens with one attached hydrogen (secondary N) is 2. The lowest BCUT2D eigenvalue weighted by Crippen LogP contribution is -2.54. The number of hydrogen-bond donors (Lipinski definition) is 2. The molecule has 2 N–H and O–H groups in total. The van der Waals surface area contributed by atoms with Crippen LogP contribution in [0, 0.1) is 5.92 Å². The molecule has 2 aliphatic carbocycles. The minimum atomic E-state index is -0.982. The second-order valence-corrected chi connectivity index (χ2v) is 15.9. The van der Waals surface area contributed by atoms with Crippen LogP contribution in [0.5, 0.6) is 0 Å². The first kappa shape index (κ1) is 34.0. The number of rotatable bonds is 8. The van der Waals surface area contributed by atoms with Crippen molar-refractivity contribution in [2.75, 3.05) is 25.0 Å². The number of imide groups is 2. The summed E-state index contributed by atoms with van der Waals surface area (Å²) in [5, 5.41) is 10.8. The van der Waals surface area contributed by atoms with Crippen molar-refractivity contribution in [2.24, 2.45) is 5.92 Å². The molecule has 0 radical (unpaired) electrons.